The Balaban J connectivity index is 2.70. The Morgan fingerprint density at radius 3 is 3.10 bits per heavy atom. The van der Waals surface area contributed by atoms with Crippen molar-refractivity contribution in [3.8, 4) is 5.75 Å². The molecule has 0 unspecified atom stereocenters. The summed E-state index contributed by atoms with van der Waals surface area (Å²) in [6.07, 6.45) is 0.695. The fourth-order valence-corrected chi connectivity index (χ4v) is 1.63. The summed E-state index contributed by atoms with van der Waals surface area (Å²) in [5.41, 5.74) is 0. The second-order valence-corrected chi connectivity index (χ2v) is 2.89. The van der Waals surface area contributed by atoms with Gasteiger partial charge in [-0.05, 0) is 11.4 Å². The molecule has 0 aromatic carbocycles. The van der Waals surface area contributed by atoms with E-state index in [1.165, 1.54) is 0 Å². The smallest absolute Gasteiger partial charge is 0.132 e. The summed E-state index contributed by atoms with van der Waals surface area (Å²) in [6, 6.07) is 1.91. The van der Waals surface area contributed by atoms with Gasteiger partial charge in [-0.2, -0.15) is 0 Å². The number of thiophene rings is 1. The molecule has 1 aromatic rings. The third kappa shape index (κ3) is 1.49. The normalized spacial score (nSPS) is 9.80. The van der Waals surface area contributed by atoms with E-state index in [2.05, 4.69) is 0 Å². The zero-order chi connectivity index (χ0) is 7.40. The van der Waals surface area contributed by atoms with Gasteiger partial charge < -0.3 is 9.84 Å². The lowest BCUT2D eigenvalue weighted by molar-refractivity contribution is 0.298. The highest BCUT2D eigenvalue weighted by molar-refractivity contribution is 7.10. The number of methoxy groups -OCH3 is 1. The lowest BCUT2D eigenvalue weighted by atomic mass is 10.3. The minimum absolute atomic E-state index is 0.191. The molecule has 0 aliphatic rings. The Kier molecular flexibility index (Phi) is 2.71. The maximum Gasteiger partial charge on any atom is 0.132 e. The molecule has 1 rings (SSSR count). The van der Waals surface area contributed by atoms with Gasteiger partial charge >= 0.3 is 0 Å². The first kappa shape index (κ1) is 7.57. The molecule has 0 saturated heterocycles. The summed E-state index contributed by atoms with van der Waals surface area (Å²) in [4.78, 5) is 1.12. The van der Waals surface area contributed by atoms with E-state index in [4.69, 9.17) is 9.84 Å². The Labute approximate surface area is 64.1 Å². The Morgan fingerprint density at radius 1 is 1.70 bits per heavy atom. The number of aliphatic hydroxyl groups is 1. The molecule has 0 amide bonds. The molecule has 0 aliphatic carbocycles. The quantitative estimate of drug-likeness (QED) is 0.718. The standard InChI is InChI=1S/C7H10O2S/c1-9-6-3-5-10-7(6)2-4-8/h3,5,8H,2,4H2,1H3. The summed E-state index contributed by atoms with van der Waals surface area (Å²) in [7, 11) is 1.64. The first-order chi connectivity index (χ1) is 4.88. The van der Waals surface area contributed by atoms with Crippen molar-refractivity contribution in [1.29, 1.82) is 0 Å². The topological polar surface area (TPSA) is 29.5 Å². The van der Waals surface area contributed by atoms with Crippen LogP contribution in [0.3, 0.4) is 0 Å². The minimum Gasteiger partial charge on any atom is -0.496 e. The summed E-state index contributed by atoms with van der Waals surface area (Å²) < 4.78 is 5.04. The second-order valence-electron chi connectivity index (χ2n) is 1.89. The maximum absolute atomic E-state index is 8.61. The van der Waals surface area contributed by atoms with Crippen LogP contribution >= 0.6 is 11.3 Å². The van der Waals surface area contributed by atoms with Crippen LogP contribution in [0, 0.1) is 0 Å². The number of rotatable bonds is 3. The van der Waals surface area contributed by atoms with Crippen LogP contribution in [0.4, 0.5) is 0 Å². The third-order valence-electron chi connectivity index (χ3n) is 1.26. The summed E-state index contributed by atoms with van der Waals surface area (Å²) >= 11 is 1.61. The molecular weight excluding hydrogens is 148 g/mol. The van der Waals surface area contributed by atoms with Crippen molar-refractivity contribution in [2.75, 3.05) is 13.7 Å². The van der Waals surface area contributed by atoms with Gasteiger partial charge in [-0.3, -0.25) is 0 Å². The zero-order valence-corrected chi connectivity index (χ0v) is 6.65. The molecule has 0 aliphatic heterocycles. The highest BCUT2D eigenvalue weighted by atomic mass is 32.1. The van der Waals surface area contributed by atoms with E-state index in [1.54, 1.807) is 18.4 Å². The van der Waals surface area contributed by atoms with Gasteiger partial charge in [0, 0.05) is 17.9 Å². The molecule has 10 heavy (non-hydrogen) atoms. The molecule has 3 heteroatoms. The molecule has 1 heterocycles. The van der Waals surface area contributed by atoms with E-state index in [0.29, 0.717) is 6.42 Å². The molecule has 56 valence electrons. The fraction of sp³-hybridized carbons (Fsp3) is 0.429. The predicted octanol–water partition coefficient (Wildman–Crippen LogP) is 1.29. The monoisotopic (exact) mass is 158 g/mol. The van der Waals surface area contributed by atoms with Crippen LogP contribution < -0.4 is 4.74 Å². The summed E-state index contributed by atoms with van der Waals surface area (Å²) in [5.74, 6) is 0.888. The molecule has 2 nitrogen and oxygen atoms in total. The average molecular weight is 158 g/mol. The van der Waals surface area contributed by atoms with Crippen LogP contribution in [0.5, 0.6) is 5.75 Å². The lowest BCUT2D eigenvalue weighted by Gasteiger charge is -1.98. The molecule has 0 saturated carbocycles. The van der Waals surface area contributed by atoms with Crippen molar-refractivity contribution >= 4 is 11.3 Å². The van der Waals surface area contributed by atoms with Crippen LogP contribution in [-0.2, 0) is 6.42 Å². The van der Waals surface area contributed by atoms with Crippen LogP contribution in [0.1, 0.15) is 4.88 Å². The lowest BCUT2D eigenvalue weighted by Crippen LogP contribution is -1.90. The first-order valence-corrected chi connectivity index (χ1v) is 3.97. The van der Waals surface area contributed by atoms with E-state index >= 15 is 0 Å². The second kappa shape index (κ2) is 3.58. The van der Waals surface area contributed by atoms with Gasteiger partial charge in [-0.15, -0.1) is 11.3 Å². The van der Waals surface area contributed by atoms with Crippen LogP contribution in [-0.4, -0.2) is 18.8 Å². The van der Waals surface area contributed by atoms with Crippen molar-refractivity contribution in [2.45, 2.75) is 6.42 Å². The molecule has 1 N–H and O–H groups in total. The van der Waals surface area contributed by atoms with Crippen molar-refractivity contribution < 1.29 is 9.84 Å². The van der Waals surface area contributed by atoms with E-state index in [9.17, 15) is 0 Å². The van der Waals surface area contributed by atoms with Gasteiger partial charge in [0.05, 0.1) is 7.11 Å². The van der Waals surface area contributed by atoms with E-state index in [0.717, 1.165) is 10.6 Å². The fourth-order valence-electron chi connectivity index (χ4n) is 0.795. The van der Waals surface area contributed by atoms with Gasteiger partial charge in [0.2, 0.25) is 0 Å². The SMILES string of the molecule is COc1ccsc1CCO. The number of aliphatic hydroxyl groups excluding tert-OH is 1. The van der Waals surface area contributed by atoms with Crippen LogP contribution in [0.15, 0.2) is 11.4 Å². The summed E-state index contributed by atoms with van der Waals surface area (Å²) in [5, 5.41) is 10.6. The van der Waals surface area contributed by atoms with Gasteiger partial charge in [0.15, 0.2) is 0 Å². The highest BCUT2D eigenvalue weighted by Gasteiger charge is 2.01. The van der Waals surface area contributed by atoms with E-state index in [-0.39, 0.29) is 6.61 Å². The van der Waals surface area contributed by atoms with Gasteiger partial charge in [0.1, 0.15) is 5.75 Å². The number of ether oxygens (including phenoxy) is 1. The van der Waals surface area contributed by atoms with Crippen molar-refractivity contribution in [2.24, 2.45) is 0 Å². The molecular formula is C7H10O2S. The molecule has 0 fully saturated rings. The predicted molar refractivity (Wildman–Crippen MR) is 41.7 cm³/mol. The van der Waals surface area contributed by atoms with Gasteiger partial charge in [0.25, 0.3) is 0 Å². The minimum atomic E-state index is 0.191. The first-order valence-electron chi connectivity index (χ1n) is 3.09. The van der Waals surface area contributed by atoms with Gasteiger partial charge in [-0.1, -0.05) is 0 Å². The zero-order valence-electron chi connectivity index (χ0n) is 5.83. The van der Waals surface area contributed by atoms with E-state index in [1.807, 2.05) is 11.4 Å². The Bertz CT molecular complexity index is 195. The molecule has 0 radical (unpaired) electrons. The summed E-state index contributed by atoms with van der Waals surface area (Å²) in [6.45, 7) is 0.191. The Hall–Kier alpha value is -0.540. The van der Waals surface area contributed by atoms with Crippen molar-refractivity contribution in [3.63, 3.8) is 0 Å². The molecule has 0 spiro atoms. The number of hydrogen-bond acceptors (Lipinski definition) is 3. The largest absolute Gasteiger partial charge is 0.496 e. The van der Waals surface area contributed by atoms with Crippen molar-refractivity contribution in [1.82, 2.24) is 0 Å². The molecule has 0 bridgehead atoms. The highest BCUT2D eigenvalue weighted by Crippen LogP contribution is 2.24. The average Bonchev–Trinajstić information content (AvgIpc) is 2.36. The number of hydrogen-bond donors (Lipinski definition) is 1. The van der Waals surface area contributed by atoms with Gasteiger partial charge in [-0.25, -0.2) is 0 Å². The van der Waals surface area contributed by atoms with Crippen LogP contribution in [0.2, 0.25) is 0 Å². The molecule has 0 atom stereocenters. The van der Waals surface area contributed by atoms with Crippen molar-refractivity contribution in [3.05, 3.63) is 16.3 Å². The molecule has 1 aromatic heterocycles. The third-order valence-corrected chi connectivity index (χ3v) is 2.23. The maximum atomic E-state index is 8.61. The Morgan fingerprint density at radius 2 is 2.50 bits per heavy atom. The van der Waals surface area contributed by atoms with E-state index < -0.39 is 0 Å². The van der Waals surface area contributed by atoms with Crippen LogP contribution in [0.25, 0.3) is 0 Å².